The molecule has 4 rings (SSSR count). The molecule has 1 N–H and O–H groups in total. The molecule has 1 aliphatic carbocycles. The first-order chi connectivity index (χ1) is 11.1. The van der Waals surface area contributed by atoms with Crippen LogP contribution in [0.15, 0.2) is 29.2 Å². The molecule has 2 heterocycles. The van der Waals surface area contributed by atoms with E-state index >= 15 is 0 Å². The van der Waals surface area contributed by atoms with E-state index in [4.69, 9.17) is 0 Å². The largest absolute Gasteiger partial charge is 0.349 e. The van der Waals surface area contributed by atoms with Gasteiger partial charge < -0.3 is 9.88 Å². The Kier molecular flexibility index (Phi) is 3.47. The molecule has 0 spiro atoms. The Morgan fingerprint density at radius 2 is 2.00 bits per heavy atom. The average molecular weight is 310 g/mol. The average Bonchev–Trinajstić information content (AvgIpc) is 2.88. The molecule has 1 aliphatic heterocycles. The highest BCUT2D eigenvalue weighted by Crippen LogP contribution is 2.30. The smallest absolute Gasteiger partial charge is 0.256 e. The summed E-state index contributed by atoms with van der Waals surface area (Å²) in [7, 11) is 0. The van der Waals surface area contributed by atoms with E-state index in [9.17, 15) is 9.59 Å². The first kappa shape index (κ1) is 14.5. The Labute approximate surface area is 135 Å². The highest BCUT2D eigenvalue weighted by molar-refractivity contribution is 5.98. The number of rotatable bonds is 2. The zero-order valence-electron chi connectivity index (χ0n) is 13.5. The number of hydrogen-bond donors (Lipinski definition) is 1. The van der Waals surface area contributed by atoms with Gasteiger partial charge in [-0.1, -0.05) is 31.4 Å². The highest BCUT2D eigenvalue weighted by atomic mass is 16.2. The summed E-state index contributed by atoms with van der Waals surface area (Å²) in [5.74, 6) is -0.211. The van der Waals surface area contributed by atoms with Crippen molar-refractivity contribution in [2.24, 2.45) is 0 Å². The summed E-state index contributed by atoms with van der Waals surface area (Å²) in [6.07, 6.45) is 8.30. The fourth-order valence-electron chi connectivity index (χ4n) is 4.09. The van der Waals surface area contributed by atoms with Crippen molar-refractivity contribution in [3.8, 4) is 0 Å². The molecule has 0 saturated heterocycles. The molecule has 0 bridgehead atoms. The van der Waals surface area contributed by atoms with Crippen LogP contribution in [-0.4, -0.2) is 16.5 Å². The third-order valence-corrected chi connectivity index (χ3v) is 5.31. The van der Waals surface area contributed by atoms with Gasteiger partial charge >= 0.3 is 0 Å². The van der Waals surface area contributed by atoms with Gasteiger partial charge in [0.25, 0.3) is 5.91 Å². The van der Waals surface area contributed by atoms with E-state index in [1.807, 2.05) is 12.1 Å². The molecular formula is C19H22N2O2. The van der Waals surface area contributed by atoms with Crippen LogP contribution in [0.2, 0.25) is 0 Å². The van der Waals surface area contributed by atoms with Crippen LogP contribution in [0.5, 0.6) is 0 Å². The molecule has 2 aromatic rings. The fourth-order valence-corrected chi connectivity index (χ4v) is 4.09. The minimum atomic E-state index is -0.211. The van der Waals surface area contributed by atoms with Crippen molar-refractivity contribution >= 4 is 16.8 Å². The second-order valence-corrected chi connectivity index (χ2v) is 6.95. The van der Waals surface area contributed by atoms with Crippen molar-refractivity contribution in [2.75, 3.05) is 0 Å². The molecule has 2 aliphatic rings. The second kappa shape index (κ2) is 5.52. The van der Waals surface area contributed by atoms with E-state index in [1.165, 1.54) is 12.0 Å². The van der Waals surface area contributed by atoms with E-state index in [0.29, 0.717) is 5.39 Å². The van der Waals surface area contributed by atoms with Crippen molar-refractivity contribution in [1.82, 2.24) is 9.88 Å². The van der Waals surface area contributed by atoms with Crippen molar-refractivity contribution in [3.05, 3.63) is 45.7 Å². The molecule has 0 unspecified atom stereocenters. The van der Waals surface area contributed by atoms with Crippen molar-refractivity contribution in [3.63, 3.8) is 0 Å². The van der Waals surface area contributed by atoms with E-state index < -0.39 is 0 Å². The van der Waals surface area contributed by atoms with Crippen molar-refractivity contribution < 1.29 is 4.79 Å². The Hall–Kier alpha value is -2.10. The molecule has 1 aromatic carbocycles. The standard InChI is InChI=1S/C19H22N2O2/c1-12-10-13-6-5-9-15-17(13)21(12)11-16(18(15)22)19(23)20-14-7-3-2-4-8-14/h5-6,9,11-12,14H,2-4,7-8,10H2,1H3,(H,20,23)/t12-/m0/s1. The van der Waals surface area contributed by atoms with Crippen LogP contribution < -0.4 is 10.7 Å². The minimum Gasteiger partial charge on any atom is -0.349 e. The number of carbonyl (C=O) groups excluding carboxylic acids is 1. The van der Waals surface area contributed by atoms with Crippen molar-refractivity contribution in [2.45, 2.75) is 57.5 Å². The van der Waals surface area contributed by atoms with Crippen LogP contribution in [0, 0.1) is 0 Å². The number of benzene rings is 1. The normalized spacial score (nSPS) is 20.8. The summed E-state index contributed by atoms with van der Waals surface area (Å²) in [5.41, 5.74) is 2.35. The molecule has 0 radical (unpaired) electrons. The molecule has 1 amide bonds. The number of pyridine rings is 1. The maximum absolute atomic E-state index is 12.8. The third-order valence-electron chi connectivity index (χ3n) is 5.31. The third kappa shape index (κ3) is 2.37. The summed E-state index contributed by atoms with van der Waals surface area (Å²) >= 11 is 0. The quantitative estimate of drug-likeness (QED) is 0.926. The topological polar surface area (TPSA) is 51.1 Å². The number of carbonyl (C=O) groups is 1. The Balaban J connectivity index is 1.75. The lowest BCUT2D eigenvalue weighted by Gasteiger charge is -2.23. The maximum Gasteiger partial charge on any atom is 0.256 e. The molecule has 1 atom stereocenters. The van der Waals surface area contributed by atoms with Gasteiger partial charge in [0, 0.05) is 23.7 Å². The van der Waals surface area contributed by atoms with E-state index in [2.05, 4.69) is 22.9 Å². The summed E-state index contributed by atoms with van der Waals surface area (Å²) in [5, 5.41) is 3.74. The number of aromatic nitrogens is 1. The molecule has 1 fully saturated rings. The molecule has 1 saturated carbocycles. The van der Waals surface area contributed by atoms with Gasteiger partial charge in [-0.25, -0.2) is 0 Å². The van der Waals surface area contributed by atoms with Crippen LogP contribution >= 0.6 is 0 Å². The predicted molar refractivity (Wildman–Crippen MR) is 91.0 cm³/mol. The van der Waals surface area contributed by atoms with Crippen LogP contribution in [0.25, 0.3) is 10.9 Å². The van der Waals surface area contributed by atoms with Gasteiger partial charge in [0.1, 0.15) is 5.56 Å². The molecule has 23 heavy (non-hydrogen) atoms. The van der Waals surface area contributed by atoms with Gasteiger partial charge in [-0.2, -0.15) is 0 Å². The number of amides is 1. The number of para-hydroxylation sites is 1. The maximum atomic E-state index is 12.8. The Morgan fingerprint density at radius 3 is 2.78 bits per heavy atom. The van der Waals surface area contributed by atoms with Crippen molar-refractivity contribution in [1.29, 1.82) is 0 Å². The minimum absolute atomic E-state index is 0.138. The first-order valence-corrected chi connectivity index (χ1v) is 8.63. The van der Waals surface area contributed by atoms with Crippen LogP contribution in [0.3, 0.4) is 0 Å². The molecule has 120 valence electrons. The summed E-state index contributed by atoms with van der Waals surface area (Å²) in [6, 6.07) is 6.34. The highest BCUT2D eigenvalue weighted by Gasteiger charge is 2.25. The van der Waals surface area contributed by atoms with Gasteiger partial charge in [-0.05, 0) is 37.8 Å². The van der Waals surface area contributed by atoms with E-state index in [0.717, 1.165) is 37.6 Å². The Morgan fingerprint density at radius 1 is 1.22 bits per heavy atom. The predicted octanol–water partition coefficient (Wildman–Crippen LogP) is 3.18. The summed E-state index contributed by atoms with van der Waals surface area (Å²) in [4.78, 5) is 25.4. The molecule has 4 nitrogen and oxygen atoms in total. The lowest BCUT2D eigenvalue weighted by molar-refractivity contribution is 0.0926. The summed E-state index contributed by atoms with van der Waals surface area (Å²) in [6.45, 7) is 2.13. The lowest BCUT2D eigenvalue weighted by atomic mass is 9.95. The monoisotopic (exact) mass is 310 g/mol. The van der Waals surface area contributed by atoms with E-state index in [-0.39, 0.29) is 29.0 Å². The number of nitrogens with zero attached hydrogens (tertiary/aromatic N) is 1. The number of hydrogen-bond acceptors (Lipinski definition) is 2. The number of nitrogens with one attached hydrogen (secondary N) is 1. The molecule has 1 aromatic heterocycles. The van der Waals surface area contributed by atoms with Gasteiger partial charge in [-0.3, -0.25) is 9.59 Å². The SMILES string of the molecule is C[C@H]1Cc2cccc3c(=O)c(C(=O)NC4CCCCC4)cn1c23. The Bertz CT molecular complexity index is 831. The van der Waals surface area contributed by atoms with Gasteiger partial charge in [-0.15, -0.1) is 0 Å². The van der Waals surface area contributed by atoms with Gasteiger partial charge in [0.15, 0.2) is 0 Å². The second-order valence-electron chi connectivity index (χ2n) is 6.95. The van der Waals surface area contributed by atoms with Gasteiger partial charge in [0.2, 0.25) is 5.43 Å². The van der Waals surface area contributed by atoms with Gasteiger partial charge in [0.05, 0.1) is 5.52 Å². The van der Waals surface area contributed by atoms with E-state index in [1.54, 1.807) is 6.20 Å². The zero-order valence-corrected chi connectivity index (χ0v) is 13.5. The zero-order chi connectivity index (χ0) is 16.0. The molecular weight excluding hydrogens is 288 g/mol. The lowest BCUT2D eigenvalue weighted by Crippen LogP contribution is -2.38. The fraction of sp³-hybridized carbons (Fsp3) is 0.474. The van der Waals surface area contributed by atoms with Crippen LogP contribution in [0.1, 0.15) is 61.0 Å². The summed E-state index contributed by atoms with van der Waals surface area (Å²) < 4.78 is 2.10. The first-order valence-electron chi connectivity index (χ1n) is 8.63. The van der Waals surface area contributed by atoms with Crippen LogP contribution in [-0.2, 0) is 6.42 Å². The molecule has 4 heteroatoms. The van der Waals surface area contributed by atoms with Crippen LogP contribution in [0.4, 0.5) is 0 Å².